The molecule has 1 saturated heterocycles. The van der Waals surface area contributed by atoms with Gasteiger partial charge in [-0.1, -0.05) is 6.07 Å². The normalized spacial score (nSPS) is 15.8. The molecule has 3 rings (SSSR count). The third-order valence-corrected chi connectivity index (χ3v) is 6.57. The molecule has 0 amide bonds. The van der Waals surface area contributed by atoms with Gasteiger partial charge in [0.15, 0.2) is 0 Å². The fraction of sp³-hybridized carbons (Fsp3) is 0.333. The van der Waals surface area contributed by atoms with Crippen LogP contribution in [0.5, 0.6) is 0 Å². The second kappa shape index (κ2) is 8.34. The first-order chi connectivity index (χ1) is 12.6. The summed E-state index contributed by atoms with van der Waals surface area (Å²) in [5, 5.41) is -4.00. The minimum atomic E-state index is -4.95. The number of likely N-dealkylation sites (tertiary alicyclic amines) is 1. The van der Waals surface area contributed by atoms with Crippen molar-refractivity contribution in [3.63, 3.8) is 0 Å². The number of halogens is 6. The summed E-state index contributed by atoms with van der Waals surface area (Å²) in [4.78, 5) is 0.933. The van der Waals surface area contributed by atoms with Gasteiger partial charge in [0.05, 0.1) is 10.8 Å². The molecule has 154 valence electrons. The van der Waals surface area contributed by atoms with Gasteiger partial charge in [-0.15, -0.1) is 12.4 Å². The van der Waals surface area contributed by atoms with Gasteiger partial charge in [-0.25, -0.2) is 21.6 Å². The van der Waals surface area contributed by atoms with Crippen molar-refractivity contribution in [1.82, 2.24) is 4.90 Å². The fourth-order valence-corrected chi connectivity index (χ4v) is 4.35. The highest BCUT2D eigenvalue weighted by Gasteiger charge is 2.56. The van der Waals surface area contributed by atoms with E-state index in [-0.39, 0.29) is 44.0 Å². The van der Waals surface area contributed by atoms with Gasteiger partial charge in [0, 0.05) is 25.7 Å². The van der Waals surface area contributed by atoms with Gasteiger partial charge < -0.3 is 4.90 Å². The van der Waals surface area contributed by atoms with Crippen molar-refractivity contribution in [2.24, 2.45) is 5.92 Å². The second-order valence-electron chi connectivity index (χ2n) is 6.46. The van der Waals surface area contributed by atoms with Crippen molar-refractivity contribution in [2.45, 2.75) is 16.6 Å². The summed E-state index contributed by atoms with van der Waals surface area (Å²) in [5.74, 6) is -3.55. The lowest BCUT2D eigenvalue weighted by Crippen LogP contribution is -2.57. The molecular formula is C18H17ClF5NO2S. The Hall–Kier alpha value is -1.71. The van der Waals surface area contributed by atoms with Crippen molar-refractivity contribution in [3.05, 3.63) is 65.5 Å². The van der Waals surface area contributed by atoms with Crippen molar-refractivity contribution >= 4 is 22.2 Å². The van der Waals surface area contributed by atoms with Gasteiger partial charge in [0.25, 0.3) is 0 Å². The number of hydrogen-bond donors (Lipinski definition) is 0. The molecule has 3 nitrogen and oxygen atoms in total. The summed E-state index contributed by atoms with van der Waals surface area (Å²) in [5.41, 5.74) is 0.255. The van der Waals surface area contributed by atoms with Crippen molar-refractivity contribution in [2.75, 3.05) is 19.6 Å². The lowest BCUT2D eigenvalue weighted by Gasteiger charge is -2.42. The first kappa shape index (κ1) is 22.6. The molecule has 1 aliphatic heterocycles. The van der Waals surface area contributed by atoms with Crippen molar-refractivity contribution < 1.29 is 30.4 Å². The summed E-state index contributed by atoms with van der Waals surface area (Å²) < 4.78 is 92.7. The van der Waals surface area contributed by atoms with E-state index in [0.29, 0.717) is 0 Å². The molecule has 1 fully saturated rings. The Morgan fingerprint density at radius 1 is 0.964 bits per heavy atom. The van der Waals surface area contributed by atoms with Crippen molar-refractivity contribution in [1.29, 1.82) is 0 Å². The zero-order valence-electron chi connectivity index (χ0n) is 14.4. The fourth-order valence-electron chi connectivity index (χ4n) is 2.96. The highest BCUT2D eigenvalue weighted by Crippen LogP contribution is 2.40. The molecule has 0 atom stereocenters. The number of hydrogen-bond acceptors (Lipinski definition) is 3. The maximum absolute atomic E-state index is 14.5. The third kappa shape index (κ3) is 4.31. The van der Waals surface area contributed by atoms with E-state index in [1.165, 1.54) is 6.07 Å². The van der Waals surface area contributed by atoms with Crippen LogP contribution in [0.4, 0.5) is 22.0 Å². The lowest BCUT2D eigenvalue weighted by atomic mass is 9.99. The van der Waals surface area contributed by atoms with E-state index >= 15 is 0 Å². The topological polar surface area (TPSA) is 37.4 Å². The molecular weight excluding hydrogens is 425 g/mol. The minimum Gasteiger partial charge on any atom is -0.302 e. The maximum Gasteiger partial charge on any atom is 0.355 e. The Morgan fingerprint density at radius 3 is 2.11 bits per heavy atom. The van der Waals surface area contributed by atoms with Gasteiger partial charge in [-0.05, 0) is 42.3 Å². The average molecular weight is 442 g/mol. The molecule has 0 radical (unpaired) electrons. The standard InChI is InChI=1S/C18H16F5NO2S.ClH/c19-14-3-5-16(6-4-14)27(25,26)18(22,23)13-10-24(11-13)8-7-12-1-2-15(20)9-17(12)21;/h1-6,9,13H,7-8,10-11H2;1H. The zero-order chi connectivity index (χ0) is 19.8. The van der Waals surface area contributed by atoms with Crippen LogP contribution in [-0.2, 0) is 16.3 Å². The van der Waals surface area contributed by atoms with Gasteiger partial charge in [-0.2, -0.15) is 8.78 Å². The van der Waals surface area contributed by atoms with E-state index in [1.807, 2.05) is 0 Å². The number of rotatable bonds is 6. The number of alkyl halides is 2. The molecule has 0 aliphatic carbocycles. The van der Waals surface area contributed by atoms with Crippen LogP contribution >= 0.6 is 12.4 Å². The van der Waals surface area contributed by atoms with E-state index in [1.54, 1.807) is 4.90 Å². The molecule has 0 N–H and O–H groups in total. The Balaban J connectivity index is 0.00000280. The smallest absolute Gasteiger partial charge is 0.302 e. The SMILES string of the molecule is Cl.O=S(=O)(c1ccc(F)cc1)C(F)(F)C1CN(CCc2ccc(F)cc2F)C1. The number of benzene rings is 2. The lowest BCUT2D eigenvalue weighted by molar-refractivity contribution is -0.0559. The largest absolute Gasteiger partial charge is 0.355 e. The molecule has 1 aliphatic rings. The van der Waals surface area contributed by atoms with E-state index in [4.69, 9.17) is 0 Å². The second-order valence-corrected chi connectivity index (χ2v) is 8.48. The molecule has 28 heavy (non-hydrogen) atoms. The van der Waals surface area contributed by atoms with E-state index in [2.05, 4.69) is 0 Å². The van der Waals surface area contributed by atoms with Gasteiger partial charge in [0.1, 0.15) is 17.5 Å². The maximum atomic E-state index is 14.5. The highest BCUT2D eigenvalue weighted by atomic mass is 35.5. The average Bonchev–Trinajstić information content (AvgIpc) is 2.55. The molecule has 1 heterocycles. The monoisotopic (exact) mass is 441 g/mol. The summed E-state index contributed by atoms with van der Waals surface area (Å²) in [6.07, 6.45) is 0.190. The minimum absolute atomic E-state index is 0. The van der Waals surface area contributed by atoms with Gasteiger partial charge >= 0.3 is 5.25 Å². The van der Waals surface area contributed by atoms with Crippen LogP contribution in [0, 0.1) is 23.4 Å². The van der Waals surface area contributed by atoms with Crippen LogP contribution in [0.15, 0.2) is 47.4 Å². The summed E-state index contributed by atoms with van der Waals surface area (Å²) >= 11 is 0. The highest BCUT2D eigenvalue weighted by molar-refractivity contribution is 7.92. The predicted octanol–water partition coefficient (Wildman–Crippen LogP) is 4.07. The molecule has 0 bridgehead atoms. The van der Waals surface area contributed by atoms with E-state index in [9.17, 15) is 30.4 Å². The summed E-state index contributed by atoms with van der Waals surface area (Å²) in [6, 6.07) is 6.40. The molecule has 2 aromatic carbocycles. The van der Waals surface area contributed by atoms with Crippen molar-refractivity contribution in [3.8, 4) is 0 Å². The molecule has 0 saturated carbocycles. The Morgan fingerprint density at radius 2 is 1.54 bits per heavy atom. The molecule has 0 unspecified atom stereocenters. The van der Waals surface area contributed by atoms with Crippen LogP contribution in [-0.4, -0.2) is 38.2 Å². The Bertz CT molecular complexity index is 931. The Kier molecular flexibility index (Phi) is 6.73. The first-order valence-corrected chi connectivity index (χ1v) is 9.64. The number of nitrogens with zero attached hydrogens (tertiary/aromatic N) is 1. The molecule has 10 heteroatoms. The van der Waals surface area contributed by atoms with Crippen LogP contribution in [0.25, 0.3) is 0 Å². The molecule has 0 aromatic heterocycles. The van der Waals surface area contributed by atoms with Crippen LogP contribution in [0.2, 0.25) is 0 Å². The molecule has 2 aromatic rings. The summed E-state index contributed by atoms with van der Waals surface area (Å²) in [7, 11) is -4.95. The third-order valence-electron chi connectivity index (χ3n) is 4.63. The quantitative estimate of drug-likeness (QED) is 0.501. The van der Waals surface area contributed by atoms with E-state index in [0.717, 1.165) is 36.4 Å². The number of sulfone groups is 1. The van der Waals surface area contributed by atoms with Crippen LogP contribution < -0.4 is 0 Å². The molecule has 0 spiro atoms. The zero-order valence-corrected chi connectivity index (χ0v) is 16.1. The van der Waals surface area contributed by atoms with Crippen LogP contribution in [0.3, 0.4) is 0 Å². The predicted molar refractivity (Wildman–Crippen MR) is 95.8 cm³/mol. The first-order valence-electron chi connectivity index (χ1n) is 8.15. The van der Waals surface area contributed by atoms with E-state index < -0.39 is 43.4 Å². The van der Waals surface area contributed by atoms with Crippen LogP contribution in [0.1, 0.15) is 5.56 Å². The van der Waals surface area contributed by atoms with Gasteiger partial charge in [0.2, 0.25) is 9.84 Å². The Labute approximate surface area is 165 Å². The summed E-state index contributed by atoms with van der Waals surface area (Å²) in [6.45, 7) is -0.0990. The van der Waals surface area contributed by atoms with Gasteiger partial charge in [-0.3, -0.25) is 0 Å².